The largest absolute Gasteiger partial charge is 0.480 e. The Morgan fingerprint density at radius 1 is 1.47 bits per heavy atom. The Morgan fingerprint density at radius 3 is 2.71 bits per heavy atom. The molecule has 0 aromatic carbocycles. The van der Waals surface area contributed by atoms with Crippen molar-refractivity contribution < 1.29 is 14.7 Å². The fourth-order valence-electron chi connectivity index (χ4n) is 2.95. The Morgan fingerprint density at radius 2 is 2.24 bits per heavy atom. The van der Waals surface area contributed by atoms with E-state index in [1.54, 1.807) is 0 Å². The van der Waals surface area contributed by atoms with E-state index in [9.17, 15) is 9.59 Å². The summed E-state index contributed by atoms with van der Waals surface area (Å²) in [6.45, 7) is 2.72. The first kappa shape index (κ1) is 12.2. The summed E-state index contributed by atoms with van der Waals surface area (Å²) in [6, 6.07) is -0.597. The molecule has 0 aromatic heterocycles. The maximum absolute atomic E-state index is 12.0. The van der Waals surface area contributed by atoms with Gasteiger partial charge in [0.25, 0.3) is 0 Å². The summed E-state index contributed by atoms with van der Waals surface area (Å²) < 4.78 is 0. The predicted molar refractivity (Wildman–Crippen MR) is 62.7 cm³/mol. The molecule has 1 heterocycles. The van der Waals surface area contributed by atoms with Crippen LogP contribution in [-0.2, 0) is 4.79 Å². The van der Waals surface area contributed by atoms with E-state index >= 15 is 0 Å². The number of rotatable bonds is 4. The quantitative estimate of drug-likeness (QED) is 0.781. The van der Waals surface area contributed by atoms with Crippen LogP contribution in [0.15, 0.2) is 0 Å². The molecule has 2 unspecified atom stereocenters. The van der Waals surface area contributed by atoms with Gasteiger partial charge in [-0.2, -0.15) is 0 Å². The highest BCUT2D eigenvalue weighted by Crippen LogP contribution is 2.37. The monoisotopic (exact) mass is 240 g/mol. The first-order valence-corrected chi connectivity index (χ1v) is 6.41. The lowest BCUT2D eigenvalue weighted by atomic mass is 10.1. The highest BCUT2D eigenvalue weighted by atomic mass is 16.4. The van der Waals surface area contributed by atoms with Gasteiger partial charge in [0.15, 0.2) is 0 Å². The number of nitrogens with zero attached hydrogens (tertiary/aromatic N) is 1. The first-order chi connectivity index (χ1) is 8.11. The molecule has 96 valence electrons. The number of urea groups is 1. The van der Waals surface area contributed by atoms with E-state index in [1.807, 2.05) is 11.8 Å². The second-order valence-electron chi connectivity index (χ2n) is 5.11. The smallest absolute Gasteiger partial charge is 0.326 e. The summed E-state index contributed by atoms with van der Waals surface area (Å²) in [7, 11) is 0. The van der Waals surface area contributed by atoms with Gasteiger partial charge in [0.05, 0.1) is 0 Å². The third-order valence-corrected chi connectivity index (χ3v) is 3.84. The maximum atomic E-state index is 12.0. The summed E-state index contributed by atoms with van der Waals surface area (Å²) in [5, 5.41) is 11.6. The van der Waals surface area contributed by atoms with E-state index < -0.39 is 12.0 Å². The van der Waals surface area contributed by atoms with Crippen molar-refractivity contribution in [3.63, 3.8) is 0 Å². The molecule has 2 aliphatic rings. The number of carboxylic acid groups (broad SMARTS) is 1. The van der Waals surface area contributed by atoms with E-state index in [4.69, 9.17) is 5.11 Å². The highest BCUT2D eigenvalue weighted by Gasteiger charge is 2.40. The Labute approximate surface area is 101 Å². The molecule has 1 aliphatic heterocycles. The van der Waals surface area contributed by atoms with Crippen molar-refractivity contribution in [2.45, 2.75) is 51.1 Å². The minimum Gasteiger partial charge on any atom is -0.480 e. The SMILES string of the molecule is CCC[C@@H](NC(=O)N1CC2CCC1C2)C(=O)O. The van der Waals surface area contributed by atoms with E-state index in [-0.39, 0.29) is 6.03 Å². The lowest BCUT2D eigenvalue weighted by Gasteiger charge is -2.28. The number of aliphatic carboxylic acids is 1. The first-order valence-electron chi connectivity index (χ1n) is 6.41. The summed E-state index contributed by atoms with van der Waals surface area (Å²) >= 11 is 0. The van der Waals surface area contributed by atoms with Gasteiger partial charge in [-0.05, 0) is 31.6 Å². The number of carbonyl (C=O) groups excluding carboxylic acids is 1. The zero-order chi connectivity index (χ0) is 12.4. The van der Waals surface area contributed by atoms with Gasteiger partial charge in [0.2, 0.25) is 0 Å². The Kier molecular flexibility index (Phi) is 3.54. The molecule has 0 radical (unpaired) electrons. The molecule has 0 aromatic rings. The van der Waals surface area contributed by atoms with Crippen molar-refractivity contribution in [3.8, 4) is 0 Å². The number of carbonyl (C=O) groups is 2. The Bertz CT molecular complexity index is 319. The maximum Gasteiger partial charge on any atom is 0.326 e. The molecule has 1 aliphatic carbocycles. The zero-order valence-corrected chi connectivity index (χ0v) is 10.2. The molecule has 0 spiro atoms. The second kappa shape index (κ2) is 4.94. The molecule has 2 bridgehead atoms. The minimum absolute atomic E-state index is 0.196. The van der Waals surface area contributed by atoms with Gasteiger partial charge in [-0.25, -0.2) is 9.59 Å². The lowest BCUT2D eigenvalue weighted by molar-refractivity contribution is -0.139. The van der Waals surface area contributed by atoms with Crippen molar-refractivity contribution in [1.29, 1.82) is 0 Å². The number of carboxylic acids is 1. The van der Waals surface area contributed by atoms with Crippen LogP contribution >= 0.6 is 0 Å². The van der Waals surface area contributed by atoms with Crippen molar-refractivity contribution >= 4 is 12.0 Å². The van der Waals surface area contributed by atoms with Gasteiger partial charge >= 0.3 is 12.0 Å². The molecule has 2 amide bonds. The number of nitrogens with one attached hydrogen (secondary N) is 1. The van der Waals surface area contributed by atoms with Gasteiger partial charge in [0.1, 0.15) is 6.04 Å². The van der Waals surface area contributed by atoms with Crippen LogP contribution in [0.25, 0.3) is 0 Å². The van der Waals surface area contributed by atoms with Gasteiger partial charge in [-0.1, -0.05) is 13.3 Å². The second-order valence-corrected chi connectivity index (χ2v) is 5.11. The summed E-state index contributed by atoms with van der Waals surface area (Å²) in [5.74, 6) is -0.301. The number of hydrogen-bond donors (Lipinski definition) is 2. The number of likely N-dealkylation sites (tertiary alicyclic amines) is 1. The molecule has 17 heavy (non-hydrogen) atoms. The van der Waals surface area contributed by atoms with Gasteiger partial charge in [-0.3, -0.25) is 0 Å². The third-order valence-electron chi connectivity index (χ3n) is 3.84. The number of fused-ring (bicyclic) bond motifs is 2. The molecule has 2 N–H and O–H groups in total. The molecule has 5 nitrogen and oxygen atoms in total. The van der Waals surface area contributed by atoms with E-state index in [1.165, 1.54) is 6.42 Å². The lowest BCUT2D eigenvalue weighted by Crippen LogP contribution is -2.50. The number of piperidine rings is 1. The predicted octanol–water partition coefficient (Wildman–Crippen LogP) is 1.43. The fraction of sp³-hybridized carbons (Fsp3) is 0.833. The van der Waals surface area contributed by atoms with E-state index in [0.29, 0.717) is 18.4 Å². The average molecular weight is 240 g/mol. The van der Waals surface area contributed by atoms with Crippen LogP contribution in [0.3, 0.4) is 0 Å². The molecule has 5 heteroatoms. The third kappa shape index (κ3) is 2.53. The van der Waals surface area contributed by atoms with Crippen molar-refractivity contribution in [3.05, 3.63) is 0 Å². The van der Waals surface area contributed by atoms with Crippen LogP contribution < -0.4 is 5.32 Å². The van der Waals surface area contributed by atoms with Crippen LogP contribution in [0.5, 0.6) is 0 Å². The normalized spacial score (nSPS) is 28.2. The topological polar surface area (TPSA) is 69.6 Å². The average Bonchev–Trinajstić information content (AvgIpc) is 2.89. The molecule has 1 saturated heterocycles. The van der Waals surface area contributed by atoms with Crippen molar-refractivity contribution in [2.75, 3.05) is 6.54 Å². The molecule has 2 fully saturated rings. The molecular formula is C12H20N2O3. The molecular weight excluding hydrogens is 220 g/mol. The standard InChI is InChI=1S/C12H20N2O3/c1-2-3-10(11(15)16)13-12(17)14-7-8-4-5-9(14)6-8/h8-10H,2-7H2,1H3,(H,13,17)(H,15,16)/t8?,9?,10-/m1/s1. The van der Waals surface area contributed by atoms with E-state index in [2.05, 4.69) is 5.32 Å². The fourth-order valence-corrected chi connectivity index (χ4v) is 2.95. The molecule has 1 saturated carbocycles. The highest BCUT2D eigenvalue weighted by molar-refractivity contribution is 5.82. The van der Waals surface area contributed by atoms with Crippen LogP contribution in [0.4, 0.5) is 4.79 Å². The van der Waals surface area contributed by atoms with Gasteiger partial charge in [0, 0.05) is 12.6 Å². The van der Waals surface area contributed by atoms with Gasteiger partial charge < -0.3 is 15.3 Å². The van der Waals surface area contributed by atoms with Crippen molar-refractivity contribution in [1.82, 2.24) is 10.2 Å². The summed E-state index contributed by atoms with van der Waals surface area (Å²) in [5.41, 5.74) is 0. The van der Waals surface area contributed by atoms with Gasteiger partial charge in [-0.15, -0.1) is 0 Å². The van der Waals surface area contributed by atoms with Crippen LogP contribution in [0.2, 0.25) is 0 Å². The van der Waals surface area contributed by atoms with Crippen LogP contribution in [-0.4, -0.2) is 40.6 Å². The van der Waals surface area contributed by atoms with Crippen LogP contribution in [0, 0.1) is 5.92 Å². The van der Waals surface area contributed by atoms with Crippen molar-refractivity contribution in [2.24, 2.45) is 5.92 Å². The van der Waals surface area contributed by atoms with Crippen LogP contribution in [0.1, 0.15) is 39.0 Å². The number of hydrogen-bond acceptors (Lipinski definition) is 2. The summed E-state index contributed by atoms with van der Waals surface area (Å²) in [6.07, 6.45) is 4.63. The Balaban J connectivity index is 1.89. The zero-order valence-electron chi connectivity index (χ0n) is 10.2. The molecule has 2 rings (SSSR count). The van der Waals surface area contributed by atoms with E-state index in [0.717, 1.165) is 25.8 Å². The molecule has 3 atom stereocenters. The Hall–Kier alpha value is -1.26. The number of amides is 2. The minimum atomic E-state index is -0.940. The summed E-state index contributed by atoms with van der Waals surface area (Å²) in [4.78, 5) is 24.8.